The van der Waals surface area contributed by atoms with E-state index in [2.05, 4.69) is 22.9 Å². The van der Waals surface area contributed by atoms with Gasteiger partial charge in [-0.05, 0) is 24.3 Å². The van der Waals surface area contributed by atoms with E-state index in [4.69, 9.17) is 0 Å². The molecule has 0 aliphatic carbocycles. The van der Waals surface area contributed by atoms with Gasteiger partial charge in [0.25, 0.3) is 0 Å². The Morgan fingerprint density at radius 2 is 1.86 bits per heavy atom. The van der Waals surface area contributed by atoms with Crippen LogP contribution in [0.5, 0.6) is 0 Å². The summed E-state index contributed by atoms with van der Waals surface area (Å²) in [6.07, 6.45) is 1.16. The lowest BCUT2D eigenvalue weighted by atomic mass is 10.1. The predicted octanol–water partition coefficient (Wildman–Crippen LogP) is 5.95. The fraction of sp³-hybridized carbons (Fsp3) is 0.222. The SMILES string of the molecule is CCCSCc1c(-c2ccccc2)n(O)c2cccc(Br)c12. The molecule has 4 heteroatoms. The second-order valence-electron chi connectivity index (χ2n) is 5.19. The molecule has 0 amide bonds. The summed E-state index contributed by atoms with van der Waals surface area (Å²) in [5.74, 6) is 2.02. The number of rotatable bonds is 5. The molecule has 0 saturated heterocycles. The monoisotopic (exact) mass is 375 g/mol. The lowest BCUT2D eigenvalue weighted by Crippen LogP contribution is -1.95. The predicted molar refractivity (Wildman–Crippen MR) is 98.7 cm³/mol. The summed E-state index contributed by atoms with van der Waals surface area (Å²) in [6.45, 7) is 2.19. The summed E-state index contributed by atoms with van der Waals surface area (Å²) in [7, 11) is 0. The molecule has 22 heavy (non-hydrogen) atoms. The van der Waals surface area contributed by atoms with Crippen molar-refractivity contribution in [3.8, 4) is 11.3 Å². The number of hydrogen-bond donors (Lipinski definition) is 1. The first-order valence-electron chi connectivity index (χ1n) is 7.38. The summed E-state index contributed by atoms with van der Waals surface area (Å²) < 4.78 is 2.36. The Labute approximate surface area is 143 Å². The first-order chi connectivity index (χ1) is 10.7. The van der Waals surface area contributed by atoms with Crippen LogP contribution >= 0.6 is 27.7 Å². The van der Waals surface area contributed by atoms with Gasteiger partial charge >= 0.3 is 0 Å². The van der Waals surface area contributed by atoms with Crippen LogP contribution in [-0.4, -0.2) is 15.7 Å². The number of benzene rings is 2. The molecule has 0 aliphatic rings. The van der Waals surface area contributed by atoms with Gasteiger partial charge in [0.05, 0.1) is 11.2 Å². The van der Waals surface area contributed by atoms with Gasteiger partial charge in [0, 0.05) is 26.7 Å². The van der Waals surface area contributed by atoms with Crippen molar-refractivity contribution < 1.29 is 5.21 Å². The molecule has 0 aliphatic heterocycles. The minimum atomic E-state index is 0.848. The van der Waals surface area contributed by atoms with Gasteiger partial charge in [-0.2, -0.15) is 16.5 Å². The largest absolute Gasteiger partial charge is 0.428 e. The summed E-state index contributed by atoms with van der Waals surface area (Å²) in [6, 6.07) is 16.0. The average Bonchev–Trinajstić information content (AvgIpc) is 2.82. The second kappa shape index (κ2) is 6.80. The third-order valence-electron chi connectivity index (χ3n) is 3.66. The molecule has 3 rings (SSSR count). The summed E-state index contributed by atoms with van der Waals surface area (Å²) in [4.78, 5) is 0. The zero-order valence-electron chi connectivity index (χ0n) is 12.4. The van der Waals surface area contributed by atoms with Crippen LogP contribution in [0.3, 0.4) is 0 Å². The highest BCUT2D eigenvalue weighted by atomic mass is 79.9. The van der Waals surface area contributed by atoms with Crippen molar-refractivity contribution in [3.05, 3.63) is 58.6 Å². The standard InChI is InChI=1S/C18H18BrNOS/c1-2-11-22-12-14-17-15(19)9-6-10-16(17)20(21)18(14)13-7-4-3-5-8-13/h3-10,21H,2,11-12H2,1H3. The molecule has 1 heterocycles. The Bertz CT molecular complexity index is 783. The van der Waals surface area contributed by atoms with Gasteiger partial charge in [-0.25, -0.2) is 0 Å². The molecule has 0 bridgehead atoms. The van der Waals surface area contributed by atoms with Crippen molar-refractivity contribution in [2.75, 3.05) is 5.75 Å². The van der Waals surface area contributed by atoms with Gasteiger partial charge in [-0.3, -0.25) is 0 Å². The number of nitrogens with zero attached hydrogens (tertiary/aromatic N) is 1. The van der Waals surface area contributed by atoms with Crippen molar-refractivity contribution in [2.24, 2.45) is 0 Å². The summed E-state index contributed by atoms with van der Waals surface area (Å²) in [5.41, 5.74) is 3.97. The van der Waals surface area contributed by atoms with Gasteiger partial charge < -0.3 is 5.21 Å². The Morgan fingerprint density at radius 1 is 1.09 bits per heavy atom. The molecule has 1 N–H and O–H groups in total. The number of thioether (sulfide) groups is 1. The maximum absolute atomic E-state index is 10.7. The molecule has 3 aromatic rings. The fourth-order valence-electron chi connectivity index (χ4n) is 2.71. The van der Waals surface area contributed by atoms with E-state index >= 15 is 0 Å². The second-order valence-corrected chi connectivity index (χ2v) is 7.15. The topological polar surface area (TPSA) is 25.2 Å². The third kappa shape index (κ3) is 2.77. The van der Waals surface area contributed by atoms with Crippen molar-refractivity contribution in [1.29, 1.82) is 0 Å². The van der Waals surface area contributed by atoms with Crippen LogP contribution in [0.4, 0.5) is 0 Å². The molecule has 2 nitrogen and oxygen atoms in total. The molecular weight excluding hydrogens is 358 g/mol. The summed E-state index contributed by atoms with van der Waals surface area (Å²) in [5, 5.41) is 11.8. The fourth-order valence-corrected chi connectivity index (χ4v) is 4.22. The molecule has 0 unspecified atom stereocenters. The first-order valence-corrected chi connectivity index (χ1v) is 9.33. The van der Waals surface area contributed by atoms with Gasteiger partial charge in [0.1, 0.15) is 0 Å². The molecule has 1 aromatic heterocycles. The van der Waals surface area contributed by atoms with E-state index in [9.17, 15) is 5.21 Å². The minimum absolute atomic E-state index is 0.848. The Balaban J connectivity index is 2.23. The third-order valence-corrected chi connectivity index (χ3v) is 5.51. The maximum Gasteiger partial charge on any atom is 0.0919 e. The zero-order chi connectivity index (χ0) is 15.5. The molecule has 0 spiro atoms. The van der Waals surface area contributed by atoms with Crippen LogP contribution < -0.4 is 0 Å². The van der Waals surface area contributed by atoms with Gasteiger partial charge in [-0.15, -0.1) is 0 Å². The lowest BCUT2D eigenvalue weighted by molar-refractivity contribution is 0.204. The number of hydrogen-bond acceptors (Lipinski definition) is 2. The number of aromatic nitrogens is 1. The minimum Gasteiger partial charge on any atom is -0.428 e. The molecule has 0 fully saturated rings. The van der Waals surface area contributed by atoms with Crippen LogP contribution in [0.2, 0.25) is 0 Å². The van der Waals surface area contributed by atoms with Crippen LogP contribution in [0.1, 0.15) is 18.9 Å². The highest BCUT2D eigenvalue weighted by molar-refractivity contribution is 9.10. The number of fused-ring (bicyclic) bond motifs is 1. The van der Waals surface area contributed by atoms with Crippen molar-refractivity contribution in [3.63, 3.8) is 0 Å². The lowest BCUT2D eigenvalue weighted by Gasteiger charge is -2.07. The van der Waals surface area contributed by atoms with Crippen LogP contribution in [0.15, 0.2) is 53.0 Å². The Kier molecular flexibility index (Phi) is 4.79. The molecule has 0 saturated carbocycles. The van der Waals surface area contributed by atoms with Crippen molar-refractivity contribution >= 4 is 38.6 Å². The molecular formula is C18H18BrNOS. The summed E-state index contributed by atoms with van der Waals surface area (Å²) >= 11 is 5.55. The smallest absolute Gasteiger partial charge is 0.0919 e. The van der Waals surface area contributed by atoms with E-state index in [1.807, 2.05) is 60.3 Å². The van der Waals surface area contributed by atoms with Gasteiger partial charge in [0.15, 0.2) is 0 Å². The van der Waals surface area contributed by atoms with Crippen LogP contribution in [0.25, 0.3) is 22.2 Å². The quantitative estimate of drug-likeness (QED) is 0.440. The maximum atomic E-state index is 10.7. The van der Waals surface area contributed by atoms with E-state index < -0.39 is 0 Å². The first kappa shape index (κ1) is 15.5. The van der Waals surface area contributed by atoms with E-state index in [-0.39, 0.29) is 0 Å². The van der Waals surface area contributed by atoms with Crippen LogP contribution in [-0.2, 0) is 5.75 Å². The molecule has 114 valence electrons. The Hall–Kier alpha value is -1.39. The van der Waals surface area contributed by atoms with Crippen LogP contribution in [0, 0.1) is 0 Å². The normalized spacial score (nSPS) is 11.2. The van der Waals surface area contributed by atoms with Gasteiger partial charge in [0.2, 0.25) is 0 Å². The van der Waals surface area contributed by atoms with E-state index in [1.54, 1.807) is 0 Å². The highest BCUT2D eigenvalue weighted by Crippen LogP contribution is 2.38. The van der Waals surface area contributed by atoms with E-state index in [0.29, 0.717) is 0 Å². The van der Waals surface area contributed by atoms with E-state index in [0.717, 1.165) is 44.6 Å². The number of halogens is 1. The molecule has 0 radical (unpaired) electrons. The van der Waals surface area contributed by atoms with Gasteiger partial charge in [-0.1, -0.05) is 59.3 Å². The van der Waals surface area contributed by atoms with Crippen molar-refractivity contribution in [1.82, 2.24) is 4.73 Å². The van der Waals surface area contributed by atoms with E-state index in [1.165, 1.54) is 10.3 Å². The highest BCUT2D eigenvalue weighted by Gasteiger charge is 2.19. The molecule has 2 aromatic carbocycles. The average molecular weight is 376 g/mol. The molecule has 0 atom stereocenters. The van der Waals surface area contributed by atoms with Crippen molar-refractivity contribution in [2.45, 2.75) is 19.1 Å². The Morgan fingerprint density at radius 3 is 2.59 bits per heavy atom. The zero-order valence-corrected chi connectivity index (χ0v) is 14.8.